The smallest absolute Gasteiger partial charge is 0.0660 e. The molecule has 1 heterocycles. The molecule has 0 aliphatic carbocycles. The Morgan fingerprint density at radius 3 is 2.45 bits per heavy atom. The molecule has 29 heavy (non-hydrogen) atoms. The van der Waals surface area contributed by atoms with E-state index in [0.717, 1.165) is 35.6 Å². The van der Waals surface area contributed by atoms with Gasteiger partial charge in [0.05, 0.1) is 11.4 Å². The third kappa shape index (κ3) is 3.74. The molecule has 0 saturated carbocycles. The zero-order valence-corrected chi connectivity index (χ0v) is 16.8. The molecule has 0 unspecified atom stereocenters. The van der Waals surface area contributed by atoms with Gasteiger partial charge in [-0.1, -0.05) is 86.0 Å². The van der Waals surface area contributed by atoms with E-state index < -0.39 is 0 Å². The number of fused-ring (bicyclic) bond motifs is 1. The van der Waals surface area contributed by atoms with Crippen LogP contribution in [-0.4, -0.2) is 6.54 Å². The van der Waals surface area contributed by atoms with Gasteiger partial charge in [-0.3, -0.25) is 0 Å². The molecule has 2 nitrogen and oxygen atoms in total. The molecule has 3 aromatic rings. The Bertz CT molecular complexity index is 1090. The predicted molar refractivity (Wildman–Crippen MR) is 125 cm³/mol. The van der Waals surface area contributed by atoms with E-state index in [2.05, 4.69) is 104 Å². The molecule has 1 aliphatic rings. The molecular weight excluding hydrogens is 352 g/mol. The fourth-order valence-electron chi connectivity index (χ4n) is 3.92. The van der Waals surface area contributed by atoms with Crippen LogP contribution in [0, 0.1) is 6.92 Å². The topological polar surface area (TPSA) is 24.1 Å². The van der Waals surface area contributed by atoms with Crippen LogP contribution < -0.4 is 10.6 Å². The molecule has 0 bridgehead atoms. The largest absolute Gasteiger partial charge is 0.383 e. The lowest BCUT2D eigenvalue weighted by Crippen LogP contribution is -2.26. The molecule has 0 atom stereocenters. The second-order valence-electron chi connectivity index (χ2n) is 7.30. The van der Waals surface area contributed by atoms with E-state index in [1.54, 1.807) is 0 Å². The highest BCUT2D eigenvalue weighted by atomic mass is 15.0. The number of hydrogen-bond acceptors (Lipinski definition) is 2. The van der Waals surface area contributed by atoms with Crippen LogP contribution in [0.25, 0.3) is 11.6 Å². The van der Waals surface area contributed by atoms with Gasteiger partial charge >= 0.3 is 0 Å². The van der Waals surface area contributed by atoms with Crippen LogP contribution in [0.1, 0.15) is 27.8 Å². The van der Waals surface area contributed by atoms with Crippen LogP contribution in [0.2, 0.25) is 0 Å². The Labute approximate surface area is 173 Å². The maximum Gasteiger partial charge on any atom is 0.0660 e. The van der Waals surface area contributed by atoms with E-state index in [1.165, 1.54) is 27.8 Å². The fraction of sp³-hybridized carbons (Fsp3) is 0.111. The average molecular weight is 379 g/mol. The number of aryl methyl sites for hydroxylation is 1. The lowest BCUT2D eigenvalue weighted by atomic mass is 9.85. The molecule has 2 heteroatoms. The van der Waals surface area contributed by atoms with Crippen molar-refractivity contribution in [3.63, 3.8) is 0 Å². The average Bonchev–Trinajstić information content (AvgIpc) is 2.75. The van der Waals surface area contributed by atoms with Gasteiger partial charge < -0.3 is 10.6 Å². The van der Waals surface area contributed by atoms with Crippen molar-refractivity contribution in [2.45, 2.75) is 13.3 Å². The summed E-state index contributed by atoms with van der Waals surface area (Å²) in [5.74, 6) is 0. The van der Waals surface area contributed by atoms with Gasteiger partial charge in [0.15, 0.2) is 0 Å². The second-order valence-corrected chi connectivity index (χ2v) is 7.30. The van der Waals surface area contributed by atoms with Crippen molar-refractivity contribution in [3.05, 3.63) is 125 Å². The molecule has 4 rings (SSSR count). The molecule has 0 saturated heterocycles. The van der Waals surface area contributed by atoms with E-state index in [9.17, 15) is 0 Å². The number of nitrogens with one attached hydrogen (secondary N) is 2. The van der Waals surface area contributed by atoms with Gasteiger partial charge in [0, 0.05) is 23.4 Å². The molecule has 0 radical (unpaired) electrons. The van der Waals surface area contributed by atoms with E-state index in [4.69, 9.17) is 0 Å². The van der Waals surface area contributed by atoms with Crippen LogP contribution in [-0.2, 0) is 6.42 Å². The first-order valence-corrected chi connectivity index (χ1v) is 9.99. The Morgan fingerprint density at radius 2 is 1.69 bits per heavy atom. The first-order chi connectivity index (χ1) is 14.2. The van der Waals surface area contributed by atoms with Crippen molar-refractivity contribution in [2.24, 2.45) is 0 Å². The minimum Gasteiger partial charge on any atom is -0.383 e. The van der Waals surface area contributed by atoms with Crippen LogP contribution in [0.15, 0.2) is 97.3 Å². The van der Waals surface area contributed by atoms with Crippen molar-refractivity contribution in [2.75, 3.05) is 11.9 Å². The third-order valence-corrected chi connectivity index (χ3v) is 5.38. The summed E-state index contributed by atoms with van der Waals surface area (Å²) in [6.45, 7) is 11.4. The molecule has 1 aliphatic heterocycles. The monoisotopic (exact) mass is 378 g/mol. The maximum absolute atomic E-state index is 4.32. The number of hydrogen-bond donors (Lipinski definition) is 2. The van der Waals surface area contributed by atoms with Gasteiger partial charge in [0.2, 0.25) is 0 Å². The molecule has 2 N–H and O–H groups in total. The standard InChI is InChI=1S/C27H26N2/c1-4-22-14-10-16-24-25(22)26(23-15-9-8-11-19(23)2)27(20(3)29-24)28-18-17-21-12-6-5-7-13-21/h4-16,28-29H,1,3,17-18H2,2H3. The summed E-state index contributed by atoms with van der Waals surface area (Å²) in [5.41, 5.74) is 10.3. The van der Waals surface area contributed by atoms with E-state index in [1.807, 2.05) is 6.08 Å². The summed E-state index contributed by atoms with van der Waals surface area (Å²) >= 11 is 0. The Hall–Kier alpha value is -3.52. The summed E-state index contributed by atoms with van der Waals surface area (Å²) < 4.78 is 0. The molecule has 0 aromatic heterocycles. The zero-order valence-electron chi connectivity index (χ0n) is 16.8. The summed E-state index contributed by atoms with van der Waals surface area (Å²) in [4.78, 5) is 0. The van der Waals surface area contributed by atoms with Gasteiger partial charge in [-0.2, -0.15) is 0 Å². The van der Waals surface area contributed by atoms with Gasteiger partial charge in [-0.15, -0.1) is 0 Å². The summed E-state index contributed by atoms with van der Waals surface area (Å²) in [5, 5.41) is 7.16. The van der Waals surface area contributed by atoms with Crippen LogP contribution in [0.4, 0.5) is 5.69 Å². The summed E-state index contributed by atoms with van der Waals surface area (Å²) in [6.07, 6.45) is 2.88. The highest BCUT2D eigenvalue weighted by molar-refractivity contribution is 5.97. The molecule has 0 amide bonds. The van der Waals surface area contributed by atoms with Crippen molar-refractivity contribution in [1.29, 1.82) is 0 Å². The van der Waals surface area contributed by atoms with Gasteiger partial charge in [-0.05, 0) is 41.7 Å². The molecular formula is C27H26N2. The van der Waals surface area contributed by atoms with Crippen molar-refractivity contribution in [3.8, 4) is 0 Å². The van der Waals surface area contributed by atoms with Crippen LogP contribution >= 0.6 is 0 Å². The van der Waals surface area contributed by atoms with Gasteiger partial charge in [-0.25, -0.2) is 0 Å². The minimum atomic E-state index is 0.834. The normalized spacial score (nSPS) is 12.9. The van der Waals surface area contributed by atoms with Crippen molar-refractivity contribution in [1.82, 2.24) is 5.32 Å². The molecule has 3 aromatic carbocycles. The lowest BCUT2D eigenvalue weighted by Gasteiger charge is -2.29. The van der Waals surface area contributed by atoms with Crippen molar-refractivity contribution < 1.29 is 0 Å². The Balaban J connectivity index is 1.81. The Kier molecular flexibility index (Phi) is 5.35. The predicted octanol–water partition coefficient (Wildman–Crippen LogP) is 6.17. The molecule has 0 fully saturated rings. The highest BCUT2D eigenvalue weighted by Crippen LogP contribution is 2.41. The van der Waals surface area contributed by atoms with E-state index in [0.29, 0.717) is 0 Å². The van der Waals surface area contributed by atoms with Gasteiger partial charge in [0.1, 0.15) is 0 Å². The first kappa shape index (κ1) is 18.8. The lowest BCUT2D eigenvalue weighted by molar-refractivity contribution is 0.796. The van der Waals surface area contributed by atoms with Crippen LogP contribution in [0.5, 0.6) is 0 Å². The maximum atomic E-state index is 4.32. The van der Waals surface area contributed by atoms with E-state index >= 15 is 0 Å². The van der Waals surface area contributed by atoms with Crippen LogP contribution in [0.3, 0.4) is 0 Å². The number of rotatable bonds is 6. The number of benzene rings is 3. The van der Waals surface area contributed by atoms with E-state index in [-0.39, 0.29) is 0 Å². The molecule has 0 spiro atoms. The second kappa shape index (κ2) is 8.24. The first-order valence-electron chi connectivity index (χ1n) is 9.99. The Morgan fingerprint density at radius 1 is 0.931 bits per heavy atom. The third-order valence-electron chi connectivity index (χ3n) is 5.38. The quantitative estimate of drug-likeness (QED) is 0.536. The van der Waals surface area contributed by atoms with Gasteiger partial charge in [0.25, 0.3) is 0 Å². The summed E-state index contributed by atoms with van der Waals surface area (Å²) in [6, 6.07) is 25.3. The number of anilines is 1. The molecule has 144 valence electrons. The zero-order chi connectivity index (χ0) is 20.2. The fourth-order valence-corrected chi connectivity index (χ4v) is 3.92. The summed E-state index contributed by atoms with van der Waals surface area (Å²) in [7, 11) is 0. The van der Waals surface area contributed by atoms with Crippen molar-refractivity contribution >= 4 is 17.3 Å². The SMILES string of the molecule is C=Cc1cccc2c1C(c1ccccc1C)=C(NCCc1ccccc1)C(=C)N2. The minimum absolute atomic E-state index is 0.834. The highest BCUT2D eigenvalue weighted by Gasteiger charge is 2.25.